The lowest BCUT2D eigenvalue weighted by atomic mass is 10.3. The summed E-state index contributed by atoms with van der Waals surface area (Å²) in [6.07, 6.45) is 3.14. The summed E-state index contributed by atoms with van der Waals surface area (Å²) in [4.78, 5) is 11.6. The molecule has 1 atom stereocenters. The highest BCUT2D eigenvalue weighted by Crippen LogP contribution is 2.07. The first-order chi connectivity index (χ1) is 7.15. The number of nitrogens with zero attached hydrogens (tertiary/aromatic N) is 2. The van der Waals surface area contributed by atoms with Crippen molar-refractivity contribution in [2.24, 2.45) is 0 Å². The Morgan fingerprint density at radius 3 is 3.07 bits per heavy atom. The zero-order valence-electron chi connectivity index (χ0n) is 8.93. The number of methoxy groups -OCH3 is 1. The molecule has 1 heterocycles. The number of hydrogen-bond acceptors (Lipinski definition) is 4. The summed E-state index contributed by atoms with van der Waals surface area (Å²) >= 11 is 0. The molecule has 84 valence electrons. The van der Waals surface area contributed by atoms with Crippen LogP contribution >= 0.6 is 0 Å². The third-order valence-electron chi connectivity index (χ3n) is 2.00. The van der Waals surface area contributed by atoms with Crippen LogP contribution in [0.3, 0.4) is 0 Å². The monoisotopic (exact) mass is 212 g/mol. The summed E-state index contributed by atoms with van der Waals surface area (Å²) in [6, 6.07) is -0.362. The van der Waals surface area contributed by atoms with Crippen LogP contribution in [0.5, 0.6) is 0 Å². The number of nitrogen functional groups attached to an aromatic ring is 1. The molecular formula is C9H16N4O2. The Hall–Kier alpha value is -1.56. The van der Waals surface area contributed by atoms with Gasteiger partial charge in [-0.25, -0.2) is 0 Å². The fourth-order valence-electron chi connectivity index (χ4n) is 1.11. The van der Waals surface area contributed by atoms with Gasteiger partial charge in [-0.2, -0.15) is 5.10 Å². The van der Waals surface area contributed by atoms with Crippen molar-refractivity contribution in [2.45, 2.75) is 13.0 Å². The number of amides is 1. The molecule has 0 saturated heterocycles. The van der Waals surface area contributed by atoms with E-state index in [1.165, 1.54) is 10.9 Å². The first-order valence-electron chi connectivity index (χ1n) is 4.71. The largest absolute Gasteiger partial charge is 0.396 e. The third kappa shape index (κ3) is 3.25. The molecule has 0 radical (unpaired) electrons. The number of carbonyl (C=O) groups excluding carboxylic acids is 1. The Balaban J connectivity index is 2.46. The number of nitrogens with two attached hydrogens (primary N) is 1. The lowest BCUT2D eigenvalue weighted by Gasteiger charge is -2.11. The SMILES string of the molecule is COCCNC(=O)C(C)n1cc(N)cn1. The van der Waals surface area contributed by atoms with E-state index in [2.05, 4.69) is 10.4 Å². The van der Waals surface area contributed by atoms with E-state index in [1.54, 1.807) is 20.2 Å². The van der Waals surface area contributed by atoms with Crippen molar-refractivity contribution >= 4 is 11.6 Å². The molecule has 1 unspecified atom stereocenters. The van der Waals surface area contributed by atoms with Crippen LogP contribution in [0.15, 0.2) is 12.4 Å². The van der Waals surface area contributed by atoms with Crippen molar-refractivity contribution in [3.8, 4) is 0 Å². The minimum Gasteiger partial charge on any atom is -0.396 e. The van der Waals surface area contributed by atoms with E-state index in [-0.39, 0.29) is 11.9 Å². The highest BCUT2D eigenvalue weighted by atomic mass is 16.5. The number of nitrogens with one attached hydrogen (secondary N) is 1. The summed E-state index contributed by atoms with van der Waals surface area (Å²) in [5.41, 5.74) is 6.05. The highest BCUT2D eigenvalue weighted by Gasteiger charge is 2.14. The predicted molar refractivity (Wildman–Crippen MR) is 56.2 cm³/mol. The number of ether oxygens (including phenoxy) is 1. The first kappa shape index (κ1) is 11.5. The van der Waals surface area contributed by atoms with Gasteiger partial charge in [0.25, 0.3) is 0 Å². The van der Waals surface area contributed by atoms with Gasteiger partial charge in [-0.1, -0.05) is 0 Å². The van der Waals surface area contributed by atoms with E-state index in [4.69, 9.17) is 10.5 Å². The normalized spacial score (nSPS) is 12.4. The molecule has 0 aromatic carbocycles. The number of aromatic nitrogens is 2. The summed E-state index contributed by atoms with van der Waals surface area (Å²) < 4.78 is 6.35. The third-order valence-corrected chi connectivity index (χ3v) is 2.00. The molecule has 0 aliphatic rings. The van der Waals surface area contributed by atoms with E-state index in [0.29, 0.717) is 18.8 Å². The summed E-state index contributed by atoms with van der Waals surface area (Å²) in [7, 11) is 1.59. The van der Waals surface area contributed by atoms with E-state index in [1.807, 2.05) is 0 Å². The standard InChI is InChI=1S/C9H16N4O2/c1-7(9(14)11-3-4-15-2)13-6-8(10)5-12-13/h5-7H,3-4,10H2,1-2H3,(H,11,14). The molecule has 15 heavy (non-hydrogen) atoms. The molecular weight excluding hydrogens is 196 g/mol. The van der Waals surface area contributed by atoms with E-state index in [9.17, 15) is 4.79 Å². The molecule has 0 bridgehead atoms. The fourth-order valence-corrected chi connectivity index (χ4v) is 1.11. The fraction of sp³-hybridized carbons (Fsp3) is 0.556. The van der Waals surface area contributed by atoms with Gasteiger partial charge in [-0.3, -0.25) is 9.48 Å². The van der Waals surface area contributed by atoms with Gasteiger partial charge in [0.15, 0.2) is 0 Å². The number of carbonyl (C=O) groups is 1. The Labute approximate surface area is 88.4 Å². The number of rotatable bonds is 5. The van der Waals surface area contributed by atoms with E-state index < -0.39 is 0 Å². The van der Waals surface area contributed by atoms with Crippen LogP contribution in [-0.2, 0) is 9.53 Å². The Bertz CT molecular complexity index is 324. The van der Waals surface area contributed by atoms with Crippen molar-refractivity contribution in [3.05, 3.63) is 12.4 Å². The molecule has 3 N–H and O–H groups in total. The van der Waals surface area contributed by atoms with Crippen molar-refractivity contribution in [1.29, 1.82) is 0 Å². The average Bonchev–Trinajstić information content (AvgIpc) is 2.64. The lowest BCUT2D eigenvalue weighted by Crippen LogP contribution is -2.33. The molecule has 1 aromatic heterocycles. The van der Waals surface area contributed by atoms with Crippen LogP contribution in [0.25, 0.3) is 0 Å². The van der Waals surface area contributed by atoms with E-state index >= 15 is 0 Å². The van der Waals surface area contributed by atoms with Crippen LogP contribution in [-0.4, -0.2) is 35.9 Å². The minimum atomic E-state index is -0.362. The predicted octanol–water partition coefficient (Wildman–Crippen LogP) is -0.211. The Morgan fingerprint density at radius 1 is 1.80 bits per heavy atom. The van der Waals surface area contributed by atoms with Crippen molar-refractivity contribution in [1.82, 2.24) is 15.1 Å². The lowest BCUT2D eigenvalue weighted by molar-refractivity contribution is -0.124. The smallest absolute Gasteiger partial charge is 0.244 e. The zero-order valence-corrected chi connectivity index (χ0v) is 8.93. The molecule has 0 spiro atoms. The summed E-state index contributed by atoms with van der Waals surface area (Å²) in [5, 5.41) is 6.69. The van der Waals surface area contributed by atoms with Crippen molar-refractivity contribution in [3.63, 3.8) is 0 Å². The van der Waals surface area contributed by atoms with Gasteiger partial charge >= 0.3 is 0 Å². The molecule has 6 nitrogen and oxygen atoms in total. The molecule has 6 heteroatoms. The van der Waals surface area contributed by atoms with Gasteiger partial charge in [0.05, 0.1) is 18.5 Å². The second-order valence-electron chi connectivity index (χ2n) is 3.21. The number of hydrogen-bond donors (Lipinski definition) is 2. The van der Waals surface area contributed by atoms with Crippen LogP contribution in [0, 0.1) is 0 Å². The van der Waals surface area contributed by atoms with Gasteiger partial charge in [0.2, 0.25) is 5.91 Å². The second kappa shape index (κ2) is 5.35. The van der Waals surface area contributed by atoms with E-state index in [0.717, 1.165) is 0 Å². The van der Waals surface area contributed by atoms with Crippen molar-refractivity contribution < 1.29 is 9.53 Å². The average molecular weight is 212 g/mol. The van der Waals surface area contributed by atoms with Gasteiger partial charge in [-0.15, -0.1) is 0 Å². The molecule has 1 rings (SSSR count). The second-order valence-corrected chi connectivity index (χ2v) is 3.21. The topological polar surface area (TPSA) is 82.2 Å². The van der Waals surface area contributed by atoms with Crippen LogP contribution in [0.4, 0.5) is 5.69 Å². The van der Waals surface area contributed by atoms with Crippen molar-refractivity contribution in [2.75, 3.05) is 26.0 Å². The minimum absolute atomic E-state index is 0.102. The molecule has 0 aliphatic carbocycles. The molecule has 0 aliphatic heterocycles. The maximum atomic E-state index is 11.6. The van der Waals surface area contributed by atoms with Crippen LogP contribution in [0.2, 0.25) is 0 Å². The van der Waals surface area contributed by atoms with Gasteiger partial charge in [0.1, 0.15) is 6.04 Å². The highest BCUT2D eigenvalue weighted by molar-refractivity contribution is 5.79. The van der Waals surface area contributed by atoms with Gasteiger partial charge < -0.3 is 15.8 Å². The first-order valence-corrected chi connectivity index (χ1v) is 4.71. The molecule has 0 saturated carbocycles. The molecule has 1 amide bonds. The van der Waals surface area contributed by atoms with Crippen LogP contribution in [0.1, 0.15) is 13.0 Å². The number of anilines is 1. The zero-order chi connectivity index (χ0) is 11.3. The van der Waals surface area contributed by atoms with Gasteiger partial charge in [0, 0.05) is 19.9 Å². The molecule has 0 fully saturated rings. The summed E-state index contributed by atoms with van der Waals surface area (Å²) in [5.74, 6) is -0.102. The van der Waals surface area contributed by atoms with Gasteiger partial charge in [-0.05, 0) is 6.92 Å². The maximum Gasteiger partial charge on any atom is 0.244 e. The maximum absolute atomic E-state index is 11.6. The quantitative estimate of drug-likeness (QED) is 0.661. The molecule has 1 aromatic rings. The summed E-state index contributed by atoms with van der Waals surface area (Å²) in [6.45, 7) is 2.75. The Morgan fingerprint density at radius 2 is 2.53 bits per heavy atom. The Kier molecular flexibility index (Phi) is 4.11. The van der Waals surface area contributed by atoms with Crippen LogP contribution < -0.4 is 11.1 Å².